The average molecular weight is 350 g/mol. The van der Waals surface area contributed by atoms with E-state index in [1.807, 2.05) is 31.2 Å². The van der Waals surface area contributed by atoms with E-state index >= 15 is 0 Å². The van der Waals surface area contributed by atoms with Crippen LogP contribution < -0.4 is 5.32 Å². The van der Waals surface area contributed by atoms with Crippen LogP contribution in [0.5, 0.6) is 0 Å². The summed E-state index contributed by atoms with van der Waals surface area (Å²) in [5.74, 6) is 0.542. The molecule has 3 N–H and O–H groups in total. The van der Waals surface area contributed by atoms with Crippen LogP contribution in [-0.2, 0) is 0 Å². The van der Waals surface area contributed by atoms with Crippen molar-refractivity contribution >= 4 is 22.6 Å². The third-order valence-corrected chi connectivity index (χ3v) is 5.35. The van der Waals surface area contributed by atoms with Crippen LogP contribution in [0, 0.1) is 6.92 Å². The zero-order valence-electron chi connectivity index (χ0n) is 14.7. The molecule has 26 heavy (non-hydrogen) atoms. The lowest BCUT2D eigenvalue weighted by Gasteiger charge is -2.28. The highest BCUT2D eigenvalue weighted by Gasteiger charge is 2.34. The zero-order valence-corrected chi connectivity index (χ0v) is 14.7. The first-order valence-electron chi connectivity index (χ1n) is 8.95. The van der Waals surface area contributed by atoms with Gasteiger partial charge < -0.3 is 15.4 Å². The van der Waals surface area contributed by atoms with Crippen LogP contribution in [0.15, 0.2) is 36.8 Å². The predicted octanol–water partition coefficient (Wildman–Crippen LogP) is 3.21. The summed E-state index contributed by atoms with van der Waals surface area (Å²) in [6, 6.07) is 7.54. The number of nitrogens with one attached hydrogen (secondary N) is 2. The van der Waals surface area contributed by atoms with E-state index in [1.165, 1.54) is 6.33 Å². The number of benzene rings is 1. The second-order valence-corrected chi connectivity index (χ2v) is 7.06. The molecule has 1 saturated carbocycles. The fourth-order valence-electron chi connectivity index (χ4n) is 3.84. The molecule has 0 bridgehead atoms. The number of aromatic amines is 1. The maximum Gasteiger partial charge on any atom is 0.195 e. The molecule has 0 amide bonds. The highest BCUT2D eigenvalue weighted by molar-refractivity contribution is 6.18. The number of hydrogen-bond acceptors (Lipinski definition) is 5. The number of hydrogen-bond donors (Lipinski definition) is 3. The Balaban J connectivity index is 1.80. The van der Waals surface area contributed by atoms with Crippen LogP contribution in [0.1, 0.15) is 47.2 Å². The fourth-order valence-corrected chi connectivity index (χ4v) is 3.84. The predicted molar refractivity (Wildman–Crippen MR) is 100 cm³/mol. The Morgan fingerprint density at radius 1 is 1.23 bits per heavy atom. The van der Waals surface area contributed by atoms with E-state index in [-0.39, 0.29) is 17.9 Å². The Bertz CT molecular complexity index is 957. The van der Waals surface area contributed by atoms with Gasteiger partial charge in [-0.25, -0.2) is 9.97 Å². The number of fused-ring (bicyclic) bond motifs is 1. The number of aryl methyl sites for hydroxylation is 1. The van der Waals surface area contributed by atoms with Gasteiger partial charge in [-0.05, 0) is 25.3 Å². The summed E-state index contributed by atoms with van der Waals surface area (Å²) in [6.45, 7) is 1.97. The van der Waals surface area contributed by atoms with Crippen LogP contribution >= 0.6 is 0 Å². The number of aromatic nitrogens is 3. The minimum Gasteiger partial charge on any atom is -0.394 e. The Hall–Kier alpha value is -2.73. The molecular formula is C20H22N4O2. The first-order chi connectivity index (χ1) is 12.6. The Morgan fingerprint density at radius 3 is 2.73 bits per heavy atom. The number of rotatable bonds is 5. The minimum atomic E-state index is -0.373. The van der Waals surface area contributed by atoms with Crippen LogP contribution in [0.25, 0.3) is 11.0 Å². The highest BCUT2D eigenvalue weighted by atomic mass is 16.3. The number of nitrogens with zero attached hydrogens (tertiary/aromatic N) is 2. The Morgan fingerprint density at radius 2 is 2.00 bits per heavy atom. The lowest BCUT2D eigenvalue weighted by Crippen LogP contribution is -2.39. The van der Waals surface area contributed by atoms with Gasteiger partial charge >= 0.3 is 0 Å². The van der Waals surface area contributed by atoms with Gasteiger partial charge in [0, 0.05) is 11.8 Å². The van der Waals surface area contributed by atoms with Gasteiger partial charge in [-0.1, -0.05) is 37.1 Å². The lowest BCUT2D eigenvalue weighted by molar-refractivity contribution is 0.103. The number of ketones is 1. The summed E-state index contributed by atoms with van der Waals surface area (Å²) in [7, 11) is 0. The van der Waals surface area contributed by atoms with Gasteiger partial charge in [0.2, 0.25) is 0 Å². The molecule has 1 aliphatic rings. The smallest absolute Gasteiger partial charge is 0.195 e. The third kappa shape index (κ3) is 2.76. The summed E-state index contributed by atoms with van der Waals surface area (Å²) in [5.41, 5.74) is 2.39. The molecule has 4 rings (SSSR count). The van der Waals surface area contributed by atoms with Crippen LogP contribution in [-0.4, -0.2) is 38.0 Å². The molecule has 2 aromatic heterocycles. The standard InChI is InChI=1S/C20H22N4O2/c1-13-6-2-3-7-14(13)17(26)15-10-21-18-16(15)19(23-12-22-18)24-20(11-25)8-4-5-9-20/h2-3,6-7,10,12,25H,4-5,8-9,11H2,1H3,(H2,21,22,23,24). The monoisotopic (exact) mass is 350 g/mol. The van der Waals surface area contributed by atoms with Crippen molar-refractivity contribution in [1.29, 1.82) is 0 Å². The van der Waals surface area contributed by atoms with Gasteiger partial charge in [0.25, 0.3) is 0 Å². The molecule has 1 aromatic carbocycles. The van der Waals surface area contributed by atoms with Crippen molar-refractivity contribution in [2.24, 2.45) is 0 Å². The summed E-state index contributed by atoms with van der Waals surface area (Å²) in [5, 5.41) is 14.0. The van der Waals surface area contributed by atoms with Gasteiger partial charge in [-0.3, -0.25) is 4.79 Å². The lowest BCUT2D eigenvalue weighted by atomic mass is 9.97. The van der Waals surface area contributed by atoms with Crippen LogP contribution in [0.4, 0.5) is 5.82 Å². The second kappa shape index (κ2) is 6.53. The molecule has 6 heteroatoms. The molecule has 0 unspecified atom stereocenters. The van der Waals surface area contributed by atoms with Crippen molar-refractivity contribution in [1.82, 2.24) is 15.0 Å². The zero-order chi connectivity index (χ0) is 18.1. The molecule has 6 nitrogen and oxygen atoms in total. The van der Waals surface area contributed by atoms with E-state index in [2.05, 4.69) is 20.3 Å². The normalized spacial score (nSPS) is 16.1. The largest absolute Gasteiger partial charge is 0.394 e. The molecular weight excluding hydrogens is 328 g/mol. The Kier molecular flexibility index (Phi) is 4.20. The SMILES string of the molecule is Cc1ccccc1C(=O)c1c[nH]c2ncnc(NC3(CO)CCCC3)c12. The number of carbonyl (C=O) groups excluding carboxylic acids is 1. The maximum atomic E-state index is 13.1. The topological polar surface area (TPSA) is 90.9 Å². The average Bonchev–Trinajstić information content (AvgIpc) is 3.30. The molecule has 0 aliphatic heterocycles. The van der Waals surface area contributed by atoms with Crippen molar-refractivity contribution in [3.05, 3.63) is 53.5 Å². The van der Waals surface area contributed by atoms with E-state index in [9.17, 15) is 9.90 Å². The number of carbonyl (C=O) groups is 1. The maximum absolute atomic E-state index is 13.1. The van der Waals surface area contributed by atoms with Gasteiger partial charge in [-0.15, -0.1) is 0 Å². The summed E-state index contributed by atoms with van der Waals surface area (Å²) in [4.78, 5) is 24.9. The van der Waals surface area contributed by atoms with Crippen molar-refractivity contribution in [2.75, 3.05) is 11.9 Å². The van der Waals surface area contributed by atoms with Crippen molar-refractivity contribution in [2.45, 2.75) is 38.1 Å². The third-order valence-electron chi connectivity index (χ3n) is 5.35. The molecule has 0 spiro atoms. The molecule has 0 saturated heterocycles. The molecule has 0 atom stereocenters. The second-order valence-electron chi connectivity index (χ2n) is 7.06. The minimum absolute atomic E-state index is 0.0456. The number of aliphatic hydroxyl groups is 1. The van der Waals surface area contributed by atoms with Crippen molar-refractivity contribution < 1.29 is 9.90 Å². The summed E-state index contributed by atoms with van der Waals surface area (Å²) < 4.78 is 0. The summed E-state index contributed by atoms with van der Waals surface area (Å²) in [6.07, 6.45) is 7.09. The quantitative estimate of drug-likeness (QED) is 0.615. The van der Waals surface area contributed by atoms with Crippen LogP contribution in [0.2, 0.25) is 0 Å². The van der Waals surface area contributed by atoms with E-state index in [4.69, 9.17) is 0 Å². The van der Waals surface area contributed by atoms with Crippen molar-refractivity contribution in [3.8, 4) is 0 Å². The van der Waals surface area contributed by atoms with Crippen LogP contribution in [0.3, 0.4) is 0 Å². The molecule has 1 aliphatic carbocycles. The molecule has 3 aromatic rings. The summed E-state index contributed by atoms with van der Waals surface area (Å²) >= 11 is 0. The number of H-pyrrole nitrogens is 1. The van der Waals surface area contributed by atoms with E-state index in [0.29, 0.717) is 28.0 Å². The Labute approximate surface area is 151 Å². The molecule has 2 heterocycles. The molecule has 134 valence electrons. The molecule has 1 fully saturated rings. The van der Waals surface area contributed by atoms with E-state index in [1.54, 1.807) is 6.20 Å². The highest BCUT2D eigenvalue weighted by Crippen LogP contribution is 2.35. The molecule has 0 radical (unpaired) electrons. The van der Waals surface area contributed by atoms with Gasteiger partial charge in [-0.2, -0.15) is 0 Å². The number of aliphatic hydroxyl groups excluding tert-OH is 1. The van der Waals surface area contributed by atoms with E-state index < -0.39 is 0 Å². The van der Waals surface area contributed by atoms with Gasteiger partial charge in [0.05, 0.1) is 23.1 Å². The van der Waals surface area contributed by atoms with Gasteiger partial charge in [0.1, 0.15) is 17.8 Å². The first kappa shape index (κ1) is 16.7. The number of anilines is 1. The van der Waals surface area contributed by atoms with E-state index in [0.717, 1.165) is 31.2 Å². The van der Waals surface area contributed by atoms with Crippen molar-refractivity contribution in [3.63, 3.8) is 0 Å². The first-order valence-corrected chi connectivity index (χ1v) is 8.95. The van der Waals surface area contributed by atoms with Gasteiger partial charge in [0.15, 0.2) is 5.78 Å². The fraction of sp³-hybridized carbons (Fsp3) is 0.350.